The van der Waals surface area contributed by atoms with Crippen LogP contribution in [0.15, 0.2) is 48.0 Å². The topological polar surface area (TPSA) is 103 Å². The van der Waals surface area contributed by atoms with E-state index < -0.39 is 41.6 Å². The molecule has 0 aliphatic carbocycles. The Balaban J connectivity index is 1.39. The fourth-order valence-corrected chi connectivity index (χ4v) is 7.16. The minimum atomic E-state index is -1.97. The normalized spacial score (nSPS) is 21.0. The number of carbonyl (C=O) groups is 3. The van der Waals surface area contributed by atoms with Crippen LogP contribution >= 0.6 is 11.3 Å². The number of fused-ring (bicyclic) bond motifs is 1. The molecule has 3 aromatic rings. The van der Waals surface area contributed by atoms with Crippen LogP contribution in [0.3, 0.4) is 0 Å². The first-order chi connectivity index (χ1) is 20.6. The van der Waals surface area contributed by atoms with Gasteiger partial charge in [-0.25, -0.2) is 9.37 Å². The summed E-state index contributed by atoms with van der Waals surface area (Å²) >= 11 is 1.57. The minimum Gasteiger partial charge on any atom is -0.388 e. The molecule has 10 heteroatoms. The van der Waals surface area contributed by atoms with Gasteiger partial charge in [0, 0.05) is 18.7 Å². The van der Waals surface area contributed by atoms with Crippen LogP contribution in [0.5, 0.6) is 0 Å². The molecular weight excluding hydrogens is 579 g/mol. The molecule has 2 aliphatic heterocycles. The first-order valence-corrected chi connectivity index (χ1v) is 15.8. The number of amides is 3. The van der Waals surface area contributed by atoms with Gasteiger partial charge >= 0.3 is 0 Å². The van der Waals surface area contributed by atoms with Gasteiger partial charge in [-0.1, -0.05) is 71.9 Å². The number of aromatic nitrogens is 1. The van der Waals surface area contributed by atoms with Crippen molar-refractivity contribution < 1.29 is 23.9 Å². The number of nitrogens with one attached hydrogen (secondary N) is 1. The van der Waals surface area contributed by atoms with Gasteiger partial charge in [-0.15, -0.1) is 11.3 Å². The number of aliphatic hydroxyl groups excluding tert-OH is 1. The Bertz CT molecular complexity index is 1590. The molecule has 3 amide bonds. The van der Waals surface area contributed by atoms with Crippen LogP contribution < -0.4 is 5.32 Å². The van der Waals surface area contributed by atoms with Crippen molar-refractivity contribution in [2.75, 3.05) is 6.54 Å². The molecule has 0 saturated carbocycles. The maximum atomic E-state index is 15.5. The van der Waals surface area contributed by atoms with Crippen molar-refractivity contribution in [1.82, 2.24) is 20.1 Å². The highest BCUT2D eigenvalue weighted by Gasteiger charge is 2.52. The smallest absolute Gasteiger partial charge is 0.255 e. The lowest BCUT2D eigenvalue weighted by molar-refractivity contribution is -0.146. The molecule has 1 saturated heterocycles. The molecule has 8 nitrogen and oxygen atoms in total. The van der Waals surface area contributed by atoms with E-state index in [0.717, 1.165) is 37.7 Å². The zero-order chi connectivity index (χ0) is 32.1. The van der Waals surface area contributed by atoms with Gasteiger partial charge in [-0.2, -0.15) is 0 Å². The Morgan fingerprint density at radius 3 is 2.45 bits per heavy atom. The molecule has 0 spiro atoms. The third-order valence-electron chi connectivity index (χ3n) is 8.53. The molecule has 2 N–H and O–H groups in total. The Morgan fingerprint density at radius 2 is 1.84 bits per heavy atom. The lowest BCUT2D eigenvalue weighted by atomic mass is 9.82. The highest BCUT2D eigenvalue weighted by molar-refractivity contribution is 7.13. The predicted octanol–water partition coefficient (Wildman–Crippen LogP) is 5.01. The summed E-state index contributed by atoms with van der Waals surface area (Å²) in [7, 11) is 0. The van der Waals surface area contributed by atoms with Gasteiger partial charge in [0.2, 0.25) is 11.8 Å². The average molecular weight is 621 g/mol. The van der Waals surface area contributed by atoms with Gasteiger partial charge in [0.15, 0.2) is 6.17 Å². The number of carbonyl (C=O) groups excluding carboxylic acids is 3. The van der Waals surface area contributed by atoms with Crippen LogP contribution in [0.1, 0.15) is 74.3 Å². The highest BCUT2D eigenvalue weighted by Crippen LogP contribution is 2.36. The lowest BCUT2D eigenvalue weighted by Gasteiger charge is -2.40. The number of aliphatic hydroxyl groups is 1. The Kier molecular flexibility index (Phi) is 8.46. The van der Waals surface area contributed by atoms with Crippen LogP contribution in [0.4, 0.5) is 4.39 Å². The number of halogens is 1. The fourth-order valence-electron chi connectivity index (χ4n) is 6.36. The standard InChI is InChI=1S/C34H41FN4O4S/c1-19-28(44-18-37-19)20-12-13-21(24(14-20)33(2,3)4)15-36-30(41)27-26(35)25(40)17-38(27)32(43)29(34(5,6)7)39-16-22-10-8-9-11-23(22)31(39)42/h8-14,18,25-27,29,40H,15-17H2,1-7H3,(H,36,41)/t25-,26-,27-,29+/m0/s1. The number of hydrogen-bond acceptors (Lipinski definition) is 6. The number of nitrogens with zero attached hydrogens (tertiary/aromatic N) is 3. The van der Waals surface area contributed by atoms with Crippen molar-refractivity contribution in [1.29, 1.82) is 0 Å². The van der Waals surface area contributed by atoms with E-state index in [-0.39, 0.29) is 31.0 Å². The Morgan fingerprint density at radius 1 is 1.14 bits per heavy atom. The van der Waals surface area contributed by atoms with Crippen molar-refractivity contribution in [2.45, 2.75) is 91.3 Å². The summed E-state index contributed by atoms with van der Waals surface area (Å²) in [5.74, 6) is -1.52. The number of thiazole rings is 1. The third kappa shape index (κ3) is 5.89. The summed E-state index contributed by atoms with van der Waals surface area (Å²) < 4.78 is 15.5. The van der Waals surface area contributed by atoms with Crippen LogP contribution in [-0.2, 0) is 28.1 Å². The average Bonchev–Trinajstić information content (AvgIpc) is 3.61. The van der Waals surface area contributed by atoms with E-state index in [4.69, 9.17) is 0 Å². The quantitative estimate of drug-likeness (QED) is 0.403. The van der Waals surface area contributed by atoms with Crippen molar-refractivity contribution in [3.63, 3.8) is 0 Å². The summed E-state index contributed by atoms with van der Waals surface area (Å²) in [6, 6.07) is 10.8. The van der Waals surface area contributed by atoms with Crippen LogP contribution in [0.25, 0.3) is 10.4 Å². The van der Waals surface area contributed by atoms with Crippen molar-refractivity contribution in [2.24, 2.45) is 5.41 Å². The number of aryl methyl sites for hydroxylation is 1. The van der Waals surface area contributed by atoms with Gasteiger partial charge < -0.3 is 20.2 Å². The molecule has 2 aromatic carbocycles. The maximum absolute atomic E-state index is 15.5. The molecule has 0 bridgehead atoms. The molecule has 1 aromatic heterocycles. The van der Waals surface area contributed by atoms with Gasteiger partial charge in [-0.3, -0.25) is 14.4 Å². The largest absolute Gasteiger partial charge is 0.388 e. The number of benzene rings is 2. The molecule has 3 heterocycles. The molecule has 0 radical (unpaired) electrons. The van der Waals surface area contributed by atoms with Crippen LogP contribution in [-0.4, -0.2) is 68.5 Å². The zero-order valence-electron chi connectivity index (χ0n) is 26.3. The van der Waals surface area contributed by atoms with E-state index in [9.17, 15) is 19.5 Å². The van der Waals surface area contributed by atoms with Gasteiger partial charge in [-0.05, 0) is 52.1 Å². The van der Waals surface area contributed by atoms with Gasteiger partial charge in [0.1, 0.15) is 18.2 Å². The molecule has 234 valence electrons. The van der Waals surface area contributed by atoms with E-state index >= 15 is 4.39 Å². The van der Waals surface area contributed by atoms with Crippen molar-refractivity contribution in [3.8, 4) is 10.4 Å². The molecule has 0 unspecified atom stereocenters. The molecule has 4 atom stereocenters. The van der Waals surface area contributed by atoms with E-state index in [1.54, 1.807) is 23.5 Å². The zero-order valence-corrected chi connectivity index (χ0v) is 27.2. The monoisotopic (exact) mass is 620 g/mol. The Hall–Kier alpha value is -3.63. The first-order valence-electron chi connectivity index (χ1n) is 14.9. The minimum absolute atomic E-state index is 0.122. The summed E-state index contributed by atoms with van der Waals surface area (Å²) in [5, 5.41) is 13.4. The second-order valence-electron chi connectivity index (χ2n) is 13.9. The second kappa shape index (κ2) is 11.7. The summed E-state index contributed by atoms with van der Waals surface area (Å²) in [5.41, 5.74) is 6.06. The van der Waals surface area contributed by atoms with Crippen LogP contribution in [0, 0.1) is 12.3 Å². The molecule has 5 rings (SSSR count). The number of β-amino-alcohol motifs (C(OH)–C–C–N with tert-alkyl or cyclic N) is 1. The molecular formula is C34H41FN4O4S. The Labute approximate surface area is 262 Å². The number of rotatable bonds is 6. The van der Waals surface area contributed by atoms with Gasteiger partial charge in [0.05, 0.1) is 22.6 Å². The van der Waals surface area contributed by atoms with E-state index in [1.807, 2.05) is 57.5 Å². The molecule has 1 fully saturated rings. The highest BCUT2D eigenvalue weighted by atomic mass is 32.1. The number of likely N-dealkylation sites (tertiary alicyclic amines) is 1. The van der Waals surface area contributed by atoms with E-state index in [2.05, 4.69) is 37.1 Å². The molecule has 2 aliphatic rings. The van der Waals surface area contributed by atoms with Crippen LogP contribution in [0.2, 0.25) is 0 Å². The third-order valence-corrected chi connectivity index (χ3v) is 9.51. The predicted molar refractivity (Wildman–Crippen MR) is 169 cm³/mol. The van der Waals surface area contributed by atoms with E-state index in [0.29, 0.717) is 5.56 Å². The molecule has 44 heavy (non-hydrogen) atoms. The fraction of sp³-hybridized carbons (Fsp3) is 0.471. The summed E-state index contributed by atoms with van der Waals surface area (Å²) in [6.45, 7) is 13.8. The number of hydrogen-bond donors (Lipinski definition) is 2. The summed E-state index contributed by atoms with van der Waals surface area (Å²) in [6.07, 6.45) is -3.49. The SMILES string of the molecule is Cc1ncsc1-c1ccc(CNC(=O)[C@@H]2[C@@H](F)[C@@H](O)CN2C(=O)[C@@H](N2Cc3ccccc3C2=O)C(C)(C)C)c(C(C)(C)C)c1. The van der Waals surface area contributed by atoms with Crippen molar-refractivity contribution >= 4 is 29.1 Å². The van der Waals surface area contributed by atoms with Crippen molar-refractivity contribution in [3.05, 3.63) is 75.9 Å². The summed E-state index contributed by atoms with van der Waals surface area (Å²) in [4.78, 5) is 49.3. The first kappa shape index (κ1) is 31.8. The van der Waals surface area contributed by atoms with Gasteiger partial charge in [0.25, 0.3) is 5.91 Å². The number of alkyl halides is 1. The lowest BCUT2D eigenvalue weighted by Crippen LogP contribution is -2.58. The maximum Gasteiger partial charge on any atom is 0.255 e. The van der Waals surface area contributed by atoms with E-state index in [1.165, 1.54) is 4.90 Å². The second-order valence-corrected chi connectivity index (χ2v) is 14.8.